The Hall–Kier alpha value is -1.38. The van der Waals surface area contributed by atoms with Crippen LogP contribution in [0.1, 0.15) is 20.3 Å². The zero-order valence-corrected chi connectivity index (χ0v) is 9.99. The van der Waals surface area contributed by atoms with E-state index in [9.17, 15) is 0 Å². The summed E-state index contributed by atoms with van der Waals surface area (Å²) in [5, 5.41) is 3.43. The quantitative estimate of drug-likeness (QED) is 0.750. The van der Waals surface area contributed by atoms with Crippen molar-refractivity contribution in [3.05, 3.63) is 18.2 Å². The Morgan fingerprint density at radius 3 is 2.88 bits per heavy atom. The number of benzene rings is 1. The Morgan fingerprint density at radius 1 is 1.50 bits per heavy atom. The minimum Gasteiger partial charge on any atom is -0.492 e. The number of hydrogen-bond donors (Lipinski definition) is 2. The fourth-order valence-corrected chi connectivity index (χ4v) is 1.86. The Labute approximate surface area is 97.0 Å². The summed E-state index contributed by atoms with van der Waals surface area (Å²) in [7, 11) is 0. The maximum Gasteiger partial charge on any atom is 0.144 e. The number of nitrogen functional groups attached to an aromatic ring is 1. The number of anilines is 2. The van der Waals surface area contributed by atoms with Crippen molar-refractivity contribution in [2.45, 2.75) is 20.3 Å². The molecule has 2 unspecified atom stereocenters. The maximum absolute atomic E-state index is 5.81. The Morgan fingerprint density at radius 2 is 2.25 bits per heavy atom. The first-order valence-electron chi connectivity index (χ1n) is 5.97. The SMILES string of the molecule is CCOc1cc(NCC2CC2C)ccc1N. The van der Waals surface area contributed by atoms with Gasteiger partial charge in [-0.2, -0.15) is 0 Å². The standard InChI is InChI=1S/C13H20N2O/c1-3-16-13-7-11(4-5-12(13)14)15-8-10-6-9(10)2/h4-5,7,9-10,15H,3,6,8,14H2,1-2H3. The third-order valence-electron chi connectivity index (χ3n) is 3.16. The average Bonchev–Trinajstić information content (AvgIpc) is 2.96. The molecule has 1 aliphatic carbocycles. The second-order valence-corrected chi connectivity index (χ2v) is 4.54. The summed E-state index contributed by atoms with van der Waals surface area (Å²) in [5.74, 6) is 2.50. The molecule has 0 heterocycles. The van der Waals surface area contributed by atoms with E-state index in [2.05, 4.69) is 12.2 Å². The average molecular weight is 220 g/mol. The predicted octanol–water partition coefficient (Wildman–Crippen LogP) is 2.74. The van der Waals surface area contributed by atoms with Crippen molar-refractivity contribution in [3.63, 3.8) is 0 Å². The molecule has 3 N–H and O–H groups in total. The Kier molecular flexibility index (Phi) is 3.22. The second-order valence-electron chi connectivity index (χ2n) is 4.54. The first-order chi connectivity index (χ1) is 7.70. The molecule has 0 saturated heterocycles. The van der Waals surface area contributed by atoms with E-state index in [1.54, 1.807) is 0 Å². The monoisotopic (exact) mass is 220 g/mol. The molecule has 1 fully saturated rings. The minimum atomic E-state index is 0.646. The summed E-state index contributed by atoms with van der Waals surface area (Å²) in [6.07, 6.45) is 1.35. The molecule has 1 aromatic rings. The molecule has 2 atom stereocenters. The van der Waals surface area contributed by atoms with Crippen molar-refractivity contribution in [2.75, 3.05) is 24.2 Å². The van der Waals surface area contributed by atoms with E-state index in [0.29, 0.717) is 12.3 Å². The second kappa shape index (κ2) is 4.64. The smallest absolute Gasteiger partial charge is 0.144 e. The highest BCUT2D eigenvalue weighted by molar-refractivity contribution is 5.61. The molecular formula is C13H20N2O. The molecule has 0 bridgehead atoms. The summed E-state index contributed by atoms with van der Waals surface area (Å²) in [4.78, 5) is 0. The number of nitrogens with one attached hydrogen (secondary N) is 1. The van der Waals surface area contributed by atoms with Crippen LogP contribution in [-0.2, 0) is 0 Å². The molecule has 1 saturated carbocycles. The van der Waals surface area contributed by atoms with E-state index in [4.69, 9.17) is 10.5 Å². The number of rotatable bonds is 5. The molecule has 2 rings (SSSR count). The zero-order chi connectivity index (χ0) is 11.5. The van der Waals surface area contributed by atoms with Gasteiger partial charge in [0.15, 0.2) is 0 Å². The molecule has 16 heavy (non-hydrogen) atoms. The summed E-state index contributed by atoms with van der Waals surface area (Å²) < 4.78 is 5.46. The summed E-state index contributed by atoms with van der Waals surface area (Å²) in [6.45, 7) is 5.95. The van der Waals surface area contributed by atoms with Gasteiger partial charge in [0.2, 0.25) is 0 Å². The van der Waals surface area contributed by atoms with Gasteiger partial charge in [0, 0.05) is 18.3 Å². The molecule has 0 aromatic heterocycles. The van der Waals surface area contributed by atoms with Crippen molar-refractivity contribution in [3.8, 4) is 5.75 Å². The number of nitrogens with two attached hydrogens (primary N) is 1. The van der Waals surface area contributed by atoms with Crippen LogP contribution in [0.25, 0.3) is 0 Å². The van der Waals surface area contributed by atoms with Gasteiger partial charge in [0.25, 0.3) is 0 Å². The largest absolute Gasteiger partial charge is 0.492 e. The summed E-state index contributed by atoms with van der Waals surface area (Å²) >= 11 is 0. The third kappa shape index (κ3) is 2.60. The molecular weight excluding hydrogens is 200 g/mol. The third-order valence-corrected chi connectivity index (χ3v) is 3.16. The lowest BCUT2D eigenvalue weighted by molar-refractivity contribution is 0.342. The number of ether oxygens (including phenoxy) is 1. The van der Waals surface area contributed by atoms with Crippen LogP contribution in [-0.4, -0.2) is 13.2 Å². The van der Waals surface area contributed by atoms with Gasteiger partial charge < -0.3 is 15.8 Å². The van der Waals surface area contributed by atoms with Crippen LogP contribution in [0.15, 0.2) is 18.2 Å². The van der Waals surface area contributed by atoms with Crippen molar-refractivity contribution in [1.82, 2.24) is 0 Å². The maximum atomic E-state index is 5.81. The molecule has 0 amide bonds. The Balaban J connectivity index is 1.95. The van der Waals surface area contributed by atoms with E-state index in [0.717, 1.165) is 29.8 Å². The van der Waals surface area contributed by atoms with Gasteiger partial charge in [-0.05, 0) is 37.3 Å². The van der Waals surface area contributed by atoms with Crippen LogP contribution >= 0.6 is 0 Å². The highest BCUT2D eigenvalue weighted by Gasteiger charge is 2.31. The Bertz CT molecular complexity index is 365. The molecule has 1 aromatic carbocycles. The van der Waals surface area contributed by atoms with Gasteiger partial charge in [-0.25, -0.2) is 0 Å². The topological polar surface area (TPSA) is 47.3 Å². The summed E-state index contributed by atoms with van der Waals surface area (Å²) in [5.41, 5.74) is 7.61. The van der Waals surface area contributed by atoms with Gasteiger partial charge in [0.05, 0.1) is 12.3 Å². The zero-order valence-electron chi connectivity index (χ0n) is 9.99. The van der Waals surface area contributed by atoms with Crippen LogP contribution in [0, 0.1) is 11.8 Å². The molecule has 0 spiro atoms. The molecule has 3 heteroatoms. The highest BCUT2D eigenvalue weighted by Crippen LogP contribution is 2.37. The summed E-state index contributed by atoms with van der Waals surface area (Å²) in [6, 6.07) is 5.88. The van der Waals surface area contributed by atoms with Crippen molar-refractivity contribution in [1.29, 1.82) is 0 Å². The van der Waals surface area contributed by atoms with E-state index in [1.807, 2.05) is 25.1 Å². The van der Waals surface area contributed by atoms with Gasteiger partial charge in [0.1, 0.15) is 5.75 Å². The first-order valence-corrected chi connectivity index (χ1v) is 5.97. The van der Waals surface area contributed by atoms with Crippen LogP contribution < -0.4 is 15.8 Å². The molecule has 1 aliphatic rings. The fourth-order valence-electron chi connectivity index (χ4n) is 1.86. The van der Waals surface area contributed by atoms with Crippen LogP contribution in [0.4, 0.5) is 11.4 Å². The first kappa shape index (κ1) is 11.1. The van der Waals surface area contributed by atoms with Crippen LogP contribution in [0.2, 0.25) is 0 Å². The van der Waals surface area contributed by atoms with Crippen molar-refractivity contribution in [2.24, 2.45) is 11.8 Å². The number of hydrogen-bond acceptors (Lipinski definition) is 3. The molecule has 0 aliphatic heterocycles. The van der Waals surface area contributed by atoms with Gasteiger partial charge in [-0.3, -0.25) is 0 Å². The van der Waals surface area contributed by atoms with E-state index in [1.165, 1.54) is 6.42 Å². The highest BCUT2D eigenvalue weighted by atomic mass is 16.5. The van der Waals surface area contributed by atoms with E-state index >= 15 is 0 Å². The lowest BCUT2D eigenvalue weighted by Crippen LogP contribution is -2.05. The van der Waals surface area contributed by atoms with E-state index < -0.39 is 0 Å². The van der Waals surface area contributed by atoms with Gasteiger partial charge in [-0.1, -0.05) is 6.92 Å². The van der Waals surface area contributed by atoms with Crippen LogP contribution in [0.3, 0.4) is 0 Å². The molecule has 3 nitrogen and oxygen atoms in total. The van der Waals surface area contributed by atoms with Crippen molar-refractivity contribution >= 4 is 11.4 Å². The lowest BCUT2D eigenvalue weighted by Gasteiger charge is -2.10. The normalized spacial score (nSPS) is 22.9. The molecule has 88 valence electrons. The van der Waals surface area contributed by atoms with Crippen molar-refractivity contribution < 1.29 is 4.74 Å². The van der Waals surface area contributed by atoms with Crippen LogP contribution in [0.5, 0.6) is 5.75 Å². The van der Waals surface area contributed by atoms with Gasteiger partial charge in [-0.15, -0.1) is 0 Å². The van der Waals surface area contributed by atoms with E-state index in [-0.39, 0.29) is 0 Å². The fraction of sp³-hybridized carbons (Fsp3) is 0.538. The molecule has 0 radical (unpaired) electrons. The minimum absolute atomic E-state index is 0.646. The van der Waals surface area contributed by atoms with Gasteiger partial charge >= 0.3 is 0 Å². The predicted molar refractivity (Wildman–Crippen MR) is 67.8 cm³/mol. The lowest BCUT2D eigenvalue weighted by atomic mass is 10.2.